The first-order valence-electron chi connectivity index (χ1n) is 5.94. The summed E-state index contributed by atoms with van der Waals surface area (Å²) in [6, 6.07) is 0. The van der Waals surface area contributed by atoms with Gasteiger partial charge in [0.25, 0.3) is 5.56 Å². The zero-order valence-electron chi connectivity index (χ0n) is 10.1. The highest BCUT2D eigenvalue weighted by molar-refractivity contribution is 8.00. The molecule has 2 heterocycles. The van der Waals surface area contributed by atoms with Crippen molar-refractivity contribution in [2.75, 3.05) is 17.6 Å². The molecule has 0 saturated carbocycles. The third-order valence-electron chi connectivity index (χ3n) is 2.83. The van der Waals surface area contributed by atoms with Crippen LogP contribution < -0.4 is 10.9 Å². The van der Waals surface area contributed by atoms with Crippen molar-refractivity contribution in [3.05, 3.63) is 34.2 Å². The molecule has 0 radical (unpaired) electrons. The molecule has 0 aliphatic carbocycles. The van der Waals surface area contributed by atoms with Gasteiger partial charge in [-0.2, -0.15) is 16.9 Å². The molecular weight excluding hydrogens is 270 g/mol. The van der Waals surface area contributed by atoms with E-state index in [0.29, 0.717) is 17.5 Å². The molecule has 2 rings (SSSR count). The van der Waals surface area contributed by atoms with Crippen molar-refractivity contribution < 1.29 is 0 Å². The van der Waals surface area contributed by atoms with E-state index in [9.17, 15) is 4.79 Å². The Bertz CT molecular complexity index is 483. The first kappa shape index (κ1) is 13.5. The lowest BCUT2D eigenvalue weighted by molar-refractivity contribution is 0.652. The molecule has 98 valence electrons. The highest BCUT2D eigenvalue weighted by Crippen LogP contribution is 2.26. The van der Waals surface area contributed by atoms with E-state index in [1.165, 1.54) is 23.3 Å². The van der Waals surface area contributed by atoms with Crippen molar-refractivity contribution in [1.29, 1.82) is 0 Å². The predicted molar refractivity (Wildman–Crippen MR) is 77.7 cm³/mol. The van der Waals surface area contributed by atoms with E-state index in [2.05, 4.69) is 17.0 Å². The van der Waals surface area contributed by atoms with Crippen LogP contribution in [-0.2, 0) is 6.54 Å². The van der Waals surface area contributed by atoms with Crippen molar-refractivity contribution >= 4 is 29.1 Å². The number of allylic oxidation sites excluding steroid dienone is 1. The molecule has 6 heteroatoms. The van der Waals surface area contributed by atoms with Crippen LogP contribution in [0.4, 0.5) is 5.69 Å². The normalized spacial score (nSPS) is 18.8. The SMILES string of the molecule is C=CCn1ncc(NCC2CCCS2)c(Cl)c1=O. The molecule has 1 aromatic rings. The second kappa shape index (κ2) is 6.29. The number of anilines is 1. The second-order valence-corrected chi connectivity index (χ2v) is 5.95. The van der Waals surface area contributed by atoms with Crippen LogP contribution in [0.25, 0.3) is 0 Å². The van der Waals surface area contributed by atoms with Gasteiger partial charge in [-0.25, -0.2) is 4.68 Å². The number of thioether (sulfide) groups is 1. The zero-order chi connectivity index (χ0) is 13.0. The third kappa shape index (κ3) is 3.09. The van der Waals surface area contributed by atoms with E-state index in [0.717, 1.165) is 6.54 Å². The first-order valence-corrected chi connectivity index (χ1v) is 7.37. The molecule has 4 nitrogen and oxygen atoms in total. The van der Waals surface area contributed by atoms with Crippen LogP contribution in [0.5, 0.6) is 0 Å². The van der Waals surface area contributed by atoms with Gasteiger partial charge in [0.15, 0.2) is 0 Å². The van der Waals surface area contributed by atoms with Crippen LogP contribution in [0.1, 0.15) is 12.8 Å². The summed E-state index contributed by atoms with van der Waals surface area (Å²) < 4.78 is 1.30. The summed E-state index contributed by atoms with van der Waals surface area (Å²) in [6.45, 7) is 4.78. The van der Waals surface area contributed by atoms with Crippen molar-refractivity contribution in [3.63, 3.8) is 0 Å². The average Bonchev–Trinajstić information content (AvgIpc) is 2.87. The van der Waals surface area contributed by atoms with Crippen LogP contribution in [0.3, 0.4) is 0 Å². The maximum Gasteiger partial charge on any atom is 0.287 e. The van der Waals surface area contributed by atoms with Gasteiger partial charge in [0, 0.05) is 11.8 Å². The van der Waals surface area contributed by atoms with Crippen LogP contribution in [0.2, 0.25) is 5.02 Å². The summed E-state index contributed by atoms with van der Waals surface area (Å²) in [5.74, 6) is 1.22. The van der Waals surface area contributed by atoms with Gasteiger partial charge in [-0.15, -0.1) is 6.58 Å². The van der Waals surface area contributed by atoms with Gasteiger partial charge < -0.3 is 5.32 Å². The van der Waals surface area contributed by atoms with Crippen LogP contribution in [0.15, 0.2) is 23.6 Å². The van der Waals surface area contributed by atoms with Crippen LogP contribution in [0, 0.1) is 0 Å². The smallest absolute Gasteiger partial charge is 0.287 e. The van der Waals surface area contributed by atoms with Crippen molar-refractivity contribution in [1.82, 2.24) is 9.78 Å². The van der Waals surface area contributed by atoms with Gasteiger partial charge in [0.2, 0.25) is 0 Å². The van der Waals surface area contributed by atoms with Crippen molar-refractivity contribution in [2.45, 2.75) is 24.6 Å². The first-order chi connectivity index (χ1) is 8.72. The van der Waals surface area contributed by atoms with E-state index >= 15 is 0 Å². The van der Waals surface area contributed by atoms with Crippen LogP contribution >= 0.6 is 23.4 Å². The molecule has 1 N–H and O–H groups in total. The Hall–Kier alpha value is -0.940. The Kier molecular flexibility index (Phi) is 4.72. The quantitative estimate of drug-likeness (QED) is 0.844. The van der Waals surface area contributed by atoms with Gasteiger partial charge in [0.05, 0.1) is 18.4 Å². The summed E-state index contributed by atoms with van der Waals surface area (Å²) in [5.41, 5.74) is 0.343. The molecular formula is C12H16ClN3OS. The van der Waals surface area contributed by atoms with Gasteiger partial charge in [0.1, 0.15) is 5.02 Å². The summed E-state index contributed by atoms with van der Waals surface area (Å²) in [5, 5.41) is 8.08. The molecule has 1 aliphatic heterocycles. The highest BCUT2D eigenvalue weighted by Gasteiger charge is 2.16. The number of rotatable bonds is 5. The highest BCUT2D eigenvalue weighted by atomic mass is 35.5. The Morgan fingerprint density at radius 1 is 1.72 bits per heavy atom. The standard InChI is InChI=1S/C12H16ClN3OS/c1-2-5-16-12(17)11(13)10(8-15-16)14-7-9-4-3-6-18-9/h2,8-9,14H,1,3-7H2. The fourth-order valence-electron chi connectivity index (χ4n) is 1.87. The van der Waals surface area contributed by atoms with Crippen molar-refractivity contribution in [3.8, 4) is 0 Å². The molecule has 0 spiro atoms. The summed E-state index contributed by atoms with van der Waals surface area (Å²) in [4.78, 5) is 11.9. The third-order valence-corrected chi connectivity index (χ3v) is 4.59. The van der Waals surface area contributed by atoms with E-state index < -0.39 is 0 Å². The number of hydrogen-bond acceptors (Lipinski definition) is 4. The van der Waals surface area contributed by atoms with E-state index in [-0.39, 0.29) is 10.6 Å². The molecule has 0 amide bonds. The number of halogens is 1. The summed E-state index contributed by atoms with van der Waals surface area (Å²) in [6.07, 6.45) is 5.71. The molecule has 1 saturated heterocycles. The maximum absolute atomic E-state index is 11.9. The monoisotopic (exact) mass is 285 g/mol. The van der Waals surface area contributed by atoms with Gasteiger partial charge >= 0.3 is 0 Å². The van der Waals surface area contributed by atoms with Gasteiger partial charge in [-0.3, -0.25) is 4.79 Å². The largest absolute Gasteiger partial charge is 0.381 e. The number of nitrogens with one attached hydrogen (secondary N) is 1. The number of aromatic nitrogens is 2. The lowest BCUT2D eigenvalue weighted by Crippen LogP contribution is -2.24. The van der Waals surface area contributed by atoms with Gasteiger partial charge in [-0.1, -0.05) is 17.7 Å². The molecule has 1 atom stereocenters. The molecule has 1 fully saturated rings. The Balaban J connectivity index is 2.06. The molecule has 0 bridgehead atoms. The Morgan fingerprint density at radius 3 is 3.22 bits per heavy atom. The van der Waals surface area contributed by atoms with E-state index in [4.69, 9.17) is 11.6 Å². The van der Waals surface area contributed by atoms with Crippen molar-refractivity contribution in [2.24, 2.45) is 0 Å². The Labute approximate surface area is 115 Å². The van der Waals surface area contributed by atoms with E-state index in [1.807, 2.05) is 11.8 Å². The van der Waals surface area contributed by atoms with E-state index in [1.54, 1.807) is 12.3 Å². The van der Waals surface area contributed by atoms with Gasteiger partial charge in [-0.05, 0) is 18.6 Å². The lowest BCUT2D eigenvalue weighted by Gasteiger charge is -2.12. The topological polar surface area (TPSA) is 46.9 Å². The lowest BCUT2D eigenvalue weighted by atomic mass is 10.2. The maximum atomic E-state index is 11.9. The Morgan fingerprint density at radius 2 is 2.56 bits per heavy atom. The second-order valence-electron chi connectivity index (χ2n) is 4.16. The fraction of sp³-hybridized carbons (Fsp3) is 0.500. The minimum Gasteiger partial charge on any atom is -0.381 e. The summed E-state index contributed by atoms with van der Waals surface area (Å²) >= 11 is 8.00. The fourth-order valence-corrected chi connectivity index (χ4v) is 3.28. The minimum absolute atomic E-state index is 0.204. The molecule has 18 heavy (non-hydrogen) atoms. The molecule has 1 unspecified atom stereocenters. The number of nitrogens with zero attached hydrogens (tertiary/aromatic N) is 2. The van der Waals surface area contributed by atoms with Crippen LogP contribution in [-0.4, -0.2) is 27.3 Å². The molecule has 1 aromatic heterocycles. The predicted octanol–water partition coefficient (Wildman–Crippen LogP) is 2.39. The molecule has 1 aliphatic rings. The molecule has 0 aromatic carbocycles. The zero-order valence-corrected chi connectivity index (χ0v) is 11.6. The number of hydrogen-bond donors (Lipinski definition) is 1. The summed E-state index contributed by atoms with van der Waals surface area (Å²) in [7, 11) is 0. The average molecular weight is 286 g/mol. The minimum atomic E-state index is -0.277.